The van der Waals surface area contributed by atoms with Crippen LogP contribution in [0.15, 0.2) is 12.3 Å². The van der Waals surface area contributed by atoms with E-state index in [0.717, 1.165) is 13.1 Å². The van der Waals surface area contributed by atoms with E-state index >= 15 is 0 Å². The van der Waals surface area contributed by atoms with Gasteiger partial charge in [-0.2, -0.15) is 5.10 Å². The molecule has 4 heteroatoms. The van der Waals surface area contributed by atoms with Gasteiger partial charge in [0.15, 0.2) is 5.78 Å². The van der Waals surface area contributed by atoms with E-state index < -0.39 is 0 Å². The number of aryl methyl sites for hydroxylation is 1. The van der Waals surface area contributed by atoms with E-state index in [4.69, 9.17) is 0 Å². The Morgan fingerprint density at radius 1 is 1.71 bits per heavy atom. The number of nitrogens with zero attached hydrogens (tertiary/aromatic N) is 2. The van der Waals surface area contributed by atoms with Crippen LogP contribution in [0.25, 0.3) is 0 Å². The second-order valence-electron chi connectivity index (χ2n) is 3.41. The molecule has 0 aromatic carbocycles. The highest BCUT2D eigenvalue weighted by Gasteiger charge is 2.17. The average molecular weight is 195 g/mol. The van der Waals surface area contributed by atoms with Crippen molar-refractivity contribution in [2.75, 3.05) is 13.1 Å². The maximum atomic E-state index is 11.8. The van der Waals surface area contributed by atoms with E-state index in [2.05, 4.69) is 10.4 Å². The van der Waals surface area contributed by atoms with Crippen molar-refractivity contribution in [1.29, 1.82) is 0 Å². The first kappa shape index (κ1) is 10.9. The number of ketones is 1. The molecule has 0 saturated carbocycles. The van der Waals surface area contributed by atoms with Gasteiger partial charge in [0.2, 0.25) is 0 Å². The third-order valence-electron chi connectivity index (χ3n) is 2.22. The molecule has 1 heterocycles. The Kier molecular flexibility index (Phi) is 3.83. The van der Waals surface area contributed by atoms with E-state index in [1.54, 1.807) is 24.0 Å². The van der Waals surface area contributed by atoms with Crippen molar-refractivity contribution < 1.29 is 4.79 Å². The molecule has 0 radical (unpaired) electrons. The standard InChI is InChI=1S/C10H17N3O/c1-4-11-7-8(2)10(14)9-5-6-12-13(9)3/h5-6,8,11H,4,7H2,1-3H3. The summed E-state index contributed by atoms with van der Waals surface area (Å²) in [5.41, 5.74) is 0.676. The number of aromatic nitrogens is 2. The molecule has 0 fully saturated rings. The summed E-state index contributed by atoms with van der Waals surface area (Å²) in [5, 5.41) is 7.14. The van der Waals surface area contributed by atoms with Gasteiger partial charge in [0, 0.05) is 25.7 Å². The van der Waals surface area contributed by atoms with Crippen molar-refractivity contribution in [2.45, 2.75) is 13.8 Å². The van der Waals surface area contributed by atoms with E-state index in [1.165, 1.54) is 0 Å². The molecule has 1 aromatic rings. The van der Waals surface area contributed by atoms with Gasteiger partial charge in [-0.05, 0) is 12.6 Å². The van der Waals surface area contributed by atoms with Gasteiger partial charge in [-0.1, -0.05) is 13.8 Å². The van der Waals surface area contributed by atoms with Gasteiger partial charge in [0.1, 0.15) is 5.69 Å². The van der Waals surface area contributed by atoms with Crippen LogP contribution in [0.4, 0.5) is 0 Å². The van der Waals surface area contributed by atoms with Crippen molar-refractivity contribution in [2.24, 2.45) is 13.0 Å². The lowest BCUT2D eigenvalue weighted by Gasteiger charge is -2.10. The molecule has 0 bridgehead atoms. The van der Waals surface area contributed by atoms with Crippen LogP contribution in [-0.4, -0.2) is 28.7 Å². The molecule has 1 unspecified atom stereocenters. The predicted octanol–water partition coefficient (Wildman–Crippen LogP) is 0.848. The highest BCUT2D eigenvalue weighted by Crippen LogP contribution is 2.06. The highest BCUT2D eigenvalue weighted by molar-refractivity contribution is 5.96. The zero-order valence-corrected chi connectivity index (χ0v) is 8.95. The first-order valence-corrected chi connectivity index (χ1v) is 4.89. The Morgan fingerprint density at radius 3 is 2.93 bits per heavy atom. The monoisotopic (exact) mass is 195 g/mol. The molecule has 0 spiro atoms. The number of rotatable bonds is 5. The summed E-state index contributed by atoms with van der Waals surface area (Å²) in [6, 6.07) is 1.75. The minimum atomic E-state index is 0.00495. The van der Waals surface area contributed by atoms with Crippen molar-refractivity contribution >= 4 is 5.78 Å². The Morgan fingerprint density at radius 2 is 2.43 bits per heavy atom. The Balaban J connectivity index is 2.61. The summed E-state index contributed by atoms with van der Waals surface area (Å²) in [5.74, 6) is 0.149. The van der Waals surface area contributed by atoms with Crippen LogP contribution < -0.4 is 5.32 Å². The number of hydrogen-bond acceptors (Lipinski definition) is 3. The second-order valence-corrected chi connectivity index (χ2v) is 3.41. The zero-order valence-electron chi connectivity index (χ0n) is 8.95. The summed E-state index contributed by atoms with van der Waals surface area (Å²) < 4.78 is 1.62. The van der Waals surface area contributed by atoms with Crippen LogP contribution >= 0.6 is 0 Å². The minimum Gasteiger partial charge on any atom is -0.316 e. The molecule has 1 rings (SSSR count). The lowest BCUT2D eigenvalue weighted by molar-refractivity contribution is 0.0919. The van der Waals surface area contributed by atoms with Crippen LogP contribution in [-0.2, 0) is 7.05 Å². The molecule has 0 aliphatic carbocycles. The maximum Gasteiger partial charge on any atom is 0.184 e. The molecular weight excluding hydrogens is 178 g/mol. The van der Waals surface area contributed by atoms with Crippen LogP contribution in [0.1, 0.15) is 24.3 Å². The first-order chi connectivity index (χ1) is 6.66. The molecular formula is C10H17N3O. The third-order valence-corrected chi connectivity index (χ3v) is 2.22. The van der Waals surface area contributed by atoms with Crippen molar-refractivity contribution in [3.63, 3.8) is 0 Å². The van der Waals surface area contributed by atoms with Gasteiger partial charge in [0.05, 0.1) is 0 Å². The van der Waals surface area contributed by atoms with Crippen LogP contribution in [0.5, 0.6) is 0 Å². The summed E-state index contributed by atoms with van der Waals surface area (Å²) >= 11 is 0. The molecule has 0 aliphatic heterocycles. The quantitative estimate of drug-likeness (QED) is 0.708. The summed E-state index contributed by atoms with van der Waals surface area (Å²) in [7, 11) is 1.78. The fourth-order valence-corrected chi connectivity index (χ4v) is 1.32. The Hall–Kier alpha value is -1.16. The van der Waals surface area contributed by atoms with E-state index in [9.17, 15) is 4.79 Å². The zero-order chi connectivity index (χ0) is 10.6. The van der Waals surface area contributed by atoms with Gasteiger partial charge in [-0.3, -0.25) is 9.48 Å². The number of nitrogens with one attached hydrogen (secondary N) is 1. The molecule has 1 aromatic heterocycles. The molecule has 1 atom stereocenters. The first-order valence-electron chi connectivity index (χ1n) is 4.89. The SMILES string of the molecule is CCNCC(C)C(=O)c1ccnn1C. The van der Waals surface area contributed by atoms with Gasteiger partial charge in [-0.15, -0.1) is 0 Å². The Labute approximate surface area is 84.3 Å². The van der Waals surface area contributed by atoms with Gasteiger partial charge < -0.3 is 5.32 Å². The molecule has 4 nitrogen and oxygen atoms in total. The summed E-state index contributed by atoms with van der Waals surface area (Å²) in [6.45, 7) is 5.57. The smallest absolute Gasteiger partial charge is 0.184 e. The fourth-order valence-electron chi connectivity index (χ4n) is 1.32. The van der Waals surface area contributed by atoms with Crippen LogP contribution in [0.2, 0.25) is 0 Å². The van der Waals surface area contributed by atoms with Crippen LogP contribution in [0.3, 0.4) is 0 Å². The molecule has 0 amide bonds. The van der Waals surface area contributed by atoms with Gasteiger partial charge >= 0.3 is 0 Å². The minimum absolute atomic E-state index is 0.00495. The lowest BCUT2D eigenvalue weighted by Crippen LogP contribution is -2.27. The summed E-state index contributed by atoms with van der Waals surface area (Å²) in [4.78, 5) is 11.8. The Bertz CT molecular complexity index is 306. The molecule has 1 N–H and O–H groups in total. The fraction of sp³-hybridized carbons (Fsp3) is 0.600. The normalized spacial score (nSPS) is 12.8. The van der Waals surface area contributed by atoms with Gasteiger partial charge in [-0.25, -0.2) is 0 Å². The maximum absolute atomic E-state index is 11.8. The average Bonchev–Trinajstić information content (AvgIpc) is 2.59. The molecule has 78 valence electrons. The topological polar surface area (TPSA) is 46.9 Å². The third kappa shape index (κ3) is 2.42. The molecule has 0 saturated heterocycles. The van der Waals surface area contributed by atoms with Crippen molar-refractivity contribution in [3.8, 4) is 0 Å². The molecule has 14 heavy (non-hydrogen) atoms. The van der Waals surface area contributed by atoms with E-state index in [-0.39, 0.29) is 11.7 Å². The largest absolute Gasteiger partial charge is 0.316 e. The van der Waals surface area contributed by atoms with Gasteiger partial charge in [0.25, 0.3) is 0 Å². The van der Waals surface area contributed by atoms with E-state index in [1.807, 2.05) is 13.8 Å². The van der Waals surface area contributed by atoms with Crippen molar-refractivity contribution in [3.05, 3.63) is 18.0 Å². The number of carbonyl (C=O) groups is 1. The summed E-state index contributed by atoms with van der Waals surface area (Å²) in [6.07, 6.45) is 1.65. The predicted molar refractivity (Wildman–Crippen MR) is 55.2 cm³/mol. The highest BCUT2D eigenvalue weighted by atomic mass is 16.1. The van der Waals surface area contributed by atoms with E-state index in [0.29, 0.717) is 5.69 Å². The second kappa shape index (κ2) is 4.91. The lowest BCUT2D eigenvalue weighted by atomic mass is 10.0. The number of Topliss-reactive ketones (excluding diaryl/α,β-unsaturated/α-hetero) is 1. The van der Waals surface area contributed by atoms with Crippen molar-refractivity contribution in [1.82, 2.24) is 15.1 Å². The molecule has 0 aliphatic rings. The number of carbonyl (C=O) groups excluding carboxylic acids is 1. The van der Waals surface area contributed by atoms with Crippen LogP contribution in [0, 0.1) is 5.92 Å². The number of hydrogen-bond donors (Lipinski definition) is 1.